The molecule has 0 saturated heterocycles. The van der Waals surface area contributed by atoms with Crippen LogP contribution in [-0.2, 0) is 6.54 Å². The van der Waals surface area contributed by atoms with E-state index in [4.69, 9.17) is 0 Å². The first-order valence-corrected chi connectivity index (χ1v) is 5.16. The number of aldehydes is 1. The first kappa shape index (κ1) is 10.9. The molecule has 0 amide bonds. The van der Waals surface area contributed by atoms with E-state index < -0.39 is 0 Å². The summed E-state index contributed by atoms with van der Waals surface area (Å²) in [5.74, 6) is 0.394. The summed E-state index contributed by atoms with van der Waals surface area (Å²) in [6, 6.07) is 0. The summed E-state index contributed by atoms with van der Waals surface area (Å²) in [5.41, 5.74) is 1.49. The van der Waals surface area contributed by atoms with Gasteiger partial charge in [-0.25, -0.2) is 4.68 Å². The van der Waals surface area contributed by atoms with E-state index in [-0.39, 0.29) is 0 Å². The largest absolute Gasteiger partial charge is 0.296 e. The van der Waals surface area contributed by atoms with Crippen LogP contribution in [0.25, 0.3) is 0 Å². The van der Waals surface area contributed by atoms with Crippen molar-refractivity contribution >= 4 is 6.29 Å². The SMILES string of the molecule is CCC(CC)c1c(C=O)nnn1CC. The number of aryl methyl sites for hydroxylation is 1. The first-order chi connectivity index (χ1) is 6.78. The molecule has 0 aliphatic rings. The standard InChI is InChI=1S/C10H17N3O/c1-4-8(5-2)10-9(7-14)11-12-13(10)6-3/h7-8H,4-6H2,1-3H3. The summed E-state index contributed by atoms with van der Waals surface area (Å²) < 4.78 is 1.82. The van der Waals surface area contributed by atoms with E-state index in [0.717, 1.165) is 31.4 Å². The van der Waals surface area contributed by atoms with Crippen LogP contribution >= 0.6 is 0 Å². The van der Waals surface area contributed by atoms with E-state index in [2.05, 4.69) is 24.2 Å². The zero-order valence-corrected chi connectivity index (χ0v) is 9.03. The molecule has 0 aliphatic heterocycles. The van der Waals surface area contributed by atoms with E-state index in [0.29, 0.717) is 11.6 Å². The van der Waals surface area contributed by atoms with Crippen LogP contribution in [0.15, 0.2) is 0 Å². The Morgan fingerprint density at radius 3 is 2.43 bits per heavy atom. The van der Waals surface area contributed by atoms with Crippen LogP contribution < -0.4 is 0 Å². The Bertz CT molecular complexity index is 302. The van der Waals surface area contributed by atoms with E-state index in [1.54, 1.807) is 0 Å². The molecule has 0 bridgehead atoms. The van der Waals surface area contributed by atoms with Gasteiger partial charge < -0.3 is 0 Å². The molecule has 1 rings (SSSR count). The molecule has 0 radical (unpaired) electrons. The monoisotopic (exact) mass is 195 g/mol. The average Bonchev–Trinajstić information content (AvgIpc) is 2.63. The van der Waals surface area contributed by atoms with Crippen LogP contribution in [-0.4, -0.2) is 21.3 Å². The third-order valence-corrected chi connectivity index (χ3v) is 2.58. The normalized spacial score (nSPS) is 10.9. The van der Waals surface area contributed by atoms with E-state index in [1.165, 1.54) is 0 Å². The molecule has 4 heteroatoms. The Balaban J connectivity index is 3.12. The number of carbonyl (C=O) groups is 1. The molecule has 0 N–H and O–H groups in total. The molecule has 0 saturated carbocycles. The van der Waals surface area contributed by atoms with Gasteiger partial charge in [0.25, 0.3) is 0 Å². The highest BCUT2D eigenvalue weighted by Crippen LogP contribution is 2.24. The number of hydrogen-bond acceptors (Lipinski definition) is 3. The smallest absolute Gasteiger partial charge is 0.172 e. The van der Waals surface area contributed by atoms with Gasteiger partial charge in [0, 0.05) is 12.5 Å². The molecule has 78 valence electrons. The minimum atomic E-state index is 0.394. The second-order valence-corrected chi connectivity index (χ2v) is 3.31. The third-order valence-electron chi connectivity index (χ3n) is 2.58. The highest BCUT2D eigenvalue weighted by atomic mass is 16.1. The lowest BCUT2D eigenvalue weighted by Gasteiger charge is -2.13. The lowest BCUT2D eigenvalue weighted by molar-refractivity contribution is 0.111. The molecule has 14 heavy (non-hydrogen) atoms. The average molecular weight is 195 g/mol. The number of carbonyl (C=O) groups excluding carboxylic acids is 1. The van der Waals surface area contributed by atoms with Crippen LogP contribution in [0.1, 0.15) is 55.7 Å². The van der Waals surface area contributed by atoms with E-state index in [1.807, 2.05) is 11.6 Å². The van der Waals surface area contributed by atoms with Gasteiger partial charge in [-0.3, -0.25) is 4.79 Å². The molecular formula is C10H17N3O. The van der Waals surface area contributed by atoms with Crippen LogP contribution in [0.2, 0.25) is 0 Å². The van der Waals surface area contributed by atoms with Gasteiger partial charge in [-0.2, -0.15) is 0 Å². The van der Waals surface area contributed by atoms with Gasteiger partial charge in [0.15, 0.2) is 6.29 Å². The minimum absolute atomic E-state index is 0.394. The van der Waals surface area contributed by atoms with Crippen molar-refractivity contribution in [2.24, 2.45) is 0 Å². The second-order valence-electron chi connectivity index (χ2n) is 3.31. The van der Waals surface area contributed by atoms with E-state index >= 15 is 0 Å². The van der Waals surface area contributed by atoms with Gasteiger partial charge >= 0.3 is 0 Å². The molecule has 1 aromatic heterocycles. The van der Waals surface area contributed by atoms with E-state index in [9.17, 15) is 4.79 Å². The Hall–Kier alpha value is -1.19. The number of rotatable bonds is 5. The molecule has 4 nitrogen and oxygen atoms in total. The lowest BCUT2D eigenvalue weighted by Crippen LogP contribution is -2.09. The fraction of sp³-hybridized carbons (Fsp3) is 0.700. The van der Waals surface area contributed by atoms with Gasteiger partial charge in [-0.15, -0.1) is 5.10 Å². The maximum atomic E-state index is 10.8. The topological polar surface area (TPSA) is 47.8 Å². The van der Waals surface area contributed by atoms with Gasteiger partial charge in [-0.05, 0) is 19.8 Å². The highest BCUT2D eigenvalue weighted by molar-refractivity contribution is 5.73. The maximum absolute atomic E-state index is 10.8. The van der Waals surface area contributed by atoms with Gasteiger partial charge in [-0.1, -0.05) is 19.1 Å². The molecule has 0 spiro atoms. The number of hydrogen-bond donors (Lipinski definition) is 0. The first-order valence-electron chi connectivity index (χ1n) is 5.16. The summed E-state index contributed by atoms with van der Waals surface area (Å²) in [6.07, 6.45) is 2.84. The van der Waals surface area contributed by atoms with Crippen molar-refractivity contribution in [1.29, 1.82) is 0 Å². The van der Waals surface area contributed by atoms with Crippen molar-refractivity contribution in [3.05, 3.63) is 11.4 Å². The summed E-state index contributed by atoms with van der Waals surface area (Å²) in [5, 5.41) is 7.82. The van der Waals surface area contributed by atoms with Crippen LogP contribution in [0.3, 0.4) is 0 Å². The van der Waals surface area contributed by atoms with Crippen molar-refractivity contribution in [2.75, 3.05) is 0 Å². The number of nitrogens with zero attached hydrogens (tertiary/aromatic N) is 3. The zero-order chi connectivity index (χ0) is 10.6. The summed E-state index contributed by atoms with van der Waals surface area (Å²) in [7, 11) is 0. The molecule has 0 fully saturated rings. The highest BCUT2D eigenvalue weighted by Gasteiger charge is 2.18. The summed E-state index contributed by atoms with van der Waals surface area (Å²) in [4.78, 5) is 10.8. The molecule has 0 unspecified atom stereocenters. The van der Waals surface area contributed by atoms with Crippen molar-refractivity contribution in [3.8, 4) is 0 Å². The maximum Gasteiger partial charge on any atom is 0.172 e. The molecule has 1 heterocycles. The second kappa shape index (κ2) is 4.88. The van der Waals surface area contributed by atoms with Gasteiger partial charge in [0.1, 0.15) is 5.69 Å². The third kappa shape index (κ3) is 1.84. The van der Waals surface area contributed by atoms with Crippen molar-refractivity contribution in [1.82, 2.24) is 15.0 Å². The lowest BCUT2D eigenvalue weighted by atomic mass is 9.98. The zero-order valence-electron chi connectivity index (χ0n) is 9.03. The Labute approximate surface area is 84.3 Å². The quantitative estimate of drug-likeness (QED) is 0.675. The molecule has 0 aliphatic carbocycles. The fourth-order valence-electron chi connectivity index (χ4n) is 1.75. The van der Waals surface area contributed by atoms with Crippen molar-refractivity contribution < 1.29 is 4.79 Å². The van der Waals surface area contributed by atoms with Crippen LogP contribution in [0.4, 0.5) is 0 Å². The van der Waals surface area contributed by atoms with Gasteiger partial charge in [0.2, 0.25) is 0 Å². The summed E-state index contributed by atoms with van der Waals surface area (Å²) >= 11 is 0. The molecule has 1 aromatic rings. The fourth-order valence-corrected chi connectivity index (χ4v) is 1.75. The molecule has 0 aromatic carbocycles. The van der Waals surface area contributed by atoms with Crippen molar-refractivity contribution in [3.63, 3.8) is 0 Å². The van der Waals surface area contributed by atoms with Crippen molar-refractivity contribution in [2.45, 2.75) is 46.1 Å². The Morgan fingerprint density at radius 1 is 1.36 bits per heavy atom. The van der Waals surface area contributed by atoms with Crippen LogP contribution in [0, 0.1) is 0 Å². The Morgan fingerprint density at radius 2 is 2.00 bits per heavy atom. The minimum Gasteiger partial charge on any atom is -0.296 e. The van der Waals surface area contributed by atoms with Crippen LogP contribution in [0.5, 0.6) is 0 Å². The predicted molar refractivity (Wildman–Crippen MR) is 54.4 cm³/mol. The number of aromatic nitrogens is 3. The van der Waals surface area contributed by atoms with Gasteiger partial charge in [0.05, 0.1) is 5.69 Å². The molecular weight excluding hydrogens is 178 g/mol. The Kier molecular flexibility index (Phi) is 3.80. The predicted octanol–water partition coefficient (Wildman–Crippen LogP) is 2.01. The summed E-state index contributed by atoms with van der Waals surface area (Å²) in [6.45, 7) is 7.02. The molecule has 0 atom stereocenters.